The van der Waals surface area contributed by atoms with Crippen molar-refractivity contribution in [3.05, 3.63) is 109 Å². The second-order valence-electron chi connectivity index (χ2n) is 13.5. The van der Waals surface area contributed by atoms with E-state index in [1.165, 1.54) is 93.4 Å². The molecule has 8 aromatic carbocycles. The maximum absolute atomic E-state index is 6.83. The van der Waals surface area contributed by atoms with E-state index in [9.17, 15) is 0 Å². The molecule has 0 bridgehead atoms. The lowest BCUT2D eigenvalue weighted by Gasteiger charge is -2.52. The molecule has 6 aliphatic heterocycles. The molecule has 0 fully saturated rings. The van der Waals surface area contributed by atoms with E-state index in [-0.39, 0.29) is 13.6 Å². The Morgan fingerprint density at radius 1 is 0.435 bits per heavy atom. The number of ether oxygens (including phenoxy) is 2. The van der Waals surface area contributed by atoms with Crippen LogP contribution in [0.15, 0.2) is 109 Å². The van der Waals surface area contributed by atoms with Crippen LogP contribution < -0.4 is 46.5 Å². The molecule has 0 unspecified atom stereocenters. The van der Waals surface area contributed by atoms with E-state index in [1.807, 2.05) is 0 Å². The maximum Gasteiger partial charge on any atom is 0.333 e. The minimum Gasteiger partial charge on any atom is -0.458 e. The van der Waals surface area contributed by atoms with Gasteiger partial charge in [-0.2, -0.15) is 0 Å². The third-order valence-electron chi connectivity index (χ3n) is 11.7. The van der Waals surface area contributed by atoms with Crippen molar-refractivity contribution >= 4 is 112 Å². The van der Waals surface area contributed by atoms with Gasteiger partial charge in [0.2, 0.25) is 0 Å². The number of hydrogen-bond donors (Lipinski definition) is 0. The van der Waals surface area contributed by atoms with Gasteiger partial charge in [0, 0.05) is 44.7 Å². The minimum atomic E-state index is 0.0334. The number of hydrogen-bond acceptors (Lipinski definition) is 4. The van der Waals surface area contributed by atoms with Crippen LogP contribution in [0.4, 0.5) is 28.4 Å². The highest BCUT2D eigenvalue weighted by Crippen LogP contribution is 2.55. The van der Waals surface area contributed by atoms with Crippen molar-refractivity contribution in [2.45, 2.75) is 0 Å². The monoisotopic (exact) mass is 580 g/mol. The van der Waals surface area contributed by atoms with E-state index >= 15 is 0 Å². The van der Waals surface area contributed by atoms with Crippen LogP contribution in [0.2, 0.25) is 0 Å². The molecule has 0 amide bonds. The van der Waals surface area contributed by atoms with Crippen LogP contribution in [-0.2, 0) is 0 Å². The molecule has 46 heavy (non-hydrogen) atoms. The fraction of sp³-hybridized carbons (Fsp3) is 0. The van der Waals surface area contributed by atoms with Gasteiger partial charge in [-0.15, -0.1) is 0 Å². The fourth-order valence-corrected chi connectivity index (χ4v) is 10.2. The lowest BCUT2D eigenvalue weighted by molar-refractivity contribution is 0.465. The first-order chi connectivity index (χ1) is 22.8. The first-order valence-corrected chi connectivity index (χ1v) is 16.1. The van der Waals surface area contributed by atoms with Crippen molar-refractivity contribution in [3.63, 3.8) is 0 Å². The maximum atomic E-state index is 6.83. The van der Waals surface area contributed by atoms with E-state index in [2.05, 4.69) is 119 Å². The molecule has 0 saturated carbocycles. The Morgan fingerprint density at radius 3 is 1.57 bits per heavy atom. The summed E-state index contributed by atoms with van der Waals surface area (Å²) in [4.78, 5) is 5.22. The van der Waals surface area contributed by atoms with Crippen molar-refractivity contribution in [2.24, 2.45) is 0 Å². The first kappa shape index (κ1) is 21.8. The van der Waals surface area contributed by atoms with Gasteiger partial charge in [-0.25, -0.2) is 0 Å². The van der Waals surface area contributed by atoms with E-state index in [4.69, 9.17) is 9.47 Å². The lowest BCUT2D eigenvalue weighted by atomic mass is 9.30. The van der Waals surface area contributed by atoms with E-state index in [0.717, 1.165) is 28.5 Å². The SMILES string of the molecule is c1ccc(N2c3ccc4ccc5cc6c7c8c5c4c3B3c4c2ccc2ccc5cc9c(c(c5c42)N38)B7c2c(cccc2O9)O6)cc1. The van der Waals surface area contributed by atoms with Gasteiger partial charge in [-0.1, -0.05) is 60.7 Å². The number of rotatable bonds is 1. The standard InChI is InChI=1S/C40H18B2N2O2/c1-2-5-23(6-3-1)43-24-15-13-19-9-11-21-17-28-37-39-32(21)30(19)34(24)42-35-25(43)16-14-20-10-12-22-18-29-38(40(44(39)42)33(22)31(20)35)41(37)36-26(45-28)7-4-8-27(36)46-29/h1-18H. The number of anilines is 5. The molecule has 0 saturated heterocycles. The van der Waals surface area contributed by atoms with Crippen LogP contribution in [0.3, 0.4) is 0 Å². The zero-order valence-corrected chi connectivity index (χ0v) is 24.3. The average molecular weight is 580 g/mol. The van der Waals surface area contributed by atoms with Crippen molar-refractivity contribution < 1.29 is 9.47 Å². The van der Waals surface area contributed by atoms with Gasteiger partial charge in [-0.3, -0.25) is 0 Å². The zero-order chi connectivity index (χ0) is 29.2. The molecular weight excluding hydrogens is 562 g/mol. The van der Waals surface area contributed by atoms with E-state index < -0.39 is 0 Å². The highest BCUT2D eigenvalue weighted by Gasteiger charge is 2.55. The summed E-state index contributed by atoms with van der Waals surface area (Å²) in [6.07, 6.45) is 0. The summed E-state index contributed by atoms with van der Waals surface area (Å²) in [6, 6.07) is 40.3. The number of benzene rings is 8. The highest BCUT2D eigenvalue weighted by atomic mass is 16.5. The van der Waals surface area contributed by atoms with Crippen LogP contribution in [0.5, 0.6) is 23.0 Å². The van der Waals surface area contributed by atoms with E-state index in [0.29, 0.717) is 0 Å². The molecule has 14 rings (SSSR count). The van der Waals surface area contributed by atoms with Crippen LogP contribution in [0.25, 0.3) is 43.1 Å². The van der Waals surface area contributed by atoms with Crippen LogP contribution in [-0.4, -0.2) is 13.6 Å². The van der Waals surface area contributed by atoms with Crippen LogP contribution >= 0.6 is 0 Å². The Hall–Kier alpha value is -5.87. The summed E-state index contributed by atoms with van der Waals surface area (Å²) in [5.74, 6) is 3.74. The lowest BCUT2D eigenvalue weighted by Crippen LogP contribution is -2.70. The first-order valence-electron chi connectivity index (χ1n) is 16.1. The van der Waals surface area contributed by atoms with Gasteiger partial charge in [0.15, 0.2) is 0 Å². The Bertz CT molecular complexity index is 2730. The second-order valence-corrected chi connectivity index (χ2v) is 13.5. The molecule has 206 valence electrons. The summed E-state index contributed by atoms with van der Waals surface area (Å²) in [7, 11) is 0. The molecule has 0 aromatic heterocycles. The molecule has 0 radical (unpaired) electrons. The Balaban J connectivity index is 1.31. The van der Waals surface area contributed by atoms with Crippen molar-refractivity contribution in [2.75, 3.05) is 9.71 Å². The number of para-hydroxylation sites is 1. The molecule has 0 N–H and O–H groups in total. The van der Waals surface area contributed by atoms with Gasteiger partial charge in [-0.05, 0) is 103 Å². The van der Waals surface area contributed by atoms with Crippen molar-refractivity contribution in [3.8, 4) is 23.0 Å². The molecule has 6 heteroatoms. The molecule has 0 spiro atoms. The third kappa shape index (κ3) is 2.05. The van der Waals surface area contributed by atoms with Gasteiger partial charge in [0.05, 0.1) is 0 Å². The molecule has 0 atom stereocenters. The molecular formula is C40H18B2N2O2. The fourth-order valence-electron chi connectivity index (χ4n) is 10.2. The summed E-state index contributed by atoms with van der Waals surface area (Å²) in [6.45, 7) is 0.0872. The zero-order valence-electron chi connectivity index (χ0n) is 24.3. The summed E-state index contributed by atoms with van der Waals surface area (Å²) in [5, 5.41) is 10.5. The largest absolute Gasteiger partial charge is 0.458 e. The van der Waals surface area contributed by atoms with Gasteiger partial charge in [0.1, 0.15) is 23.0 Å². The van der Waals surface area contributed by atoms with Crippen LogP contribution in [0.1, 0.15) is 0 Å². The Labute approximate surface area is 263 Å². The average Bonchev–Trinajstić information content (AvgIpc) is 3.10. The van der Waals surface area contributed by atoms with Crippen molar-refractivity contribution in [1.29, 1.82) is 0 Å². The molecule has 6 heterocycles. The normalized spacial score (nSPS) is 15.6. The molecule has 8 aromatic rings. The van der Waals surface area contributed by atoms with Gasteiger partial charge in [0.25, 0.3) is 6.71 Å². The minimum absolute atomic E-state index is 0.0334. The number of nitrogens with zero attached hydrogens (tertiary/aromatic N) is 2. The quantitative estimate of drug-likeness (QED) is 0.160. The predicted molar refractivity (Wildman–Crippen MR) is 190 cm³/mol. The van der Waals surface area contributed by atoms with Crippen LogP contribution in [0, 0.1) is 0 Å². The molecule has 6 aliphatic rings. The molecule has 4 nitrogen and oxygen atoms in total. The predicted octanol–water partition coefficient (Wildman–Crippen LogP) is 6.69. The van der Waals surface area contributed by atoms with Gasteiger partial charge < -0.3 is 19.2 Å². The van der Waals surface area contributed by atoms with E-state index in [1.54, 1.807) is 0 Å². The Kier molecular flexibility index (Phi) is 3.17. The second kappa shape index (κ2) is 6.70. The Morgan fingerprint density at radius 2 is 0.978 bits per heavy atom. The highest BCUT2D eigenvalue weighted by molar-refractivity contribution is 7.05. The van der Waals surface area contributed by atoms with Crippen molar-refractivity contribution in [1.82, 2.24) is 0 Å². The summed E-state index contributed by atoms with van der Waals surface area (Å²) >= 11 is 0. The third-order valence-corrected chi connectivity index (χ3v) is 11.7. The van der Waals surface area contributed by atoms with Gasteiger partial charge >= 0.3 is 6.85 Å². The summed E-state index contributed by atoms with van der Waals surface area (Å²) < 4.78 is 13.7. The topological polar surface area (TPSA) is 24.9 Å². The molecule has 0 aliphatic carbocycles. The summed E-state index contributed by atoms with van der Waals surface area (Å²) in [5.41, 5.74) is 12.9. The smallest absolute Gasteiger partial charge is 0.333 e.